The first-order valence-corrected chi connectivity index (χ1v) is 19.7. The van der Waals surface area contributed by atoms with E-state index in [9.17, 15) is 0 Å². The summed E-state index contributed by atoms with van der Waals surface area (Å²) in [5.74, 6) is 0. The van der Waals surface area contributed by atoms with Crippen LogP contribution in [0.2, 0.25) is 0 Å². The number of benzene rings is 2. The Kier molecular flexibility index (Phi) is 19.2. The molecule has 2 aromatic carbocycles. The van der Waals surface area contributed by atoms with E-state index < -0.39 is 0 Å². The summed E-state index contributed by atoms with van der Waals surface area (Å²) < 4.78 is 0.417. The summed E-state index contributed by atoms with van der Waals surface area (Å²) in [4.78, 5) is 2.93. The van der Waals surface area contributed by atoms with Gasteiger partial charge in [-0.25, -0.2) is 0 Å². The van der Waals surface area contributed by atoms with Crippen LogP contribution in [0, 0.1) is 21.7 Å². The molecule has 0 radical (unpaired) electrons. The molecule has 2 aliphatic rings. The quantitative estimate of drug-likeness (QED) is 0.292. The molecule has 1 unspecified atom stereocenters. The summed E-state index contributed by atoms with van der Waals surface area (Å²) in [5.41, 5.74) is 4.30. The molecule has 0 aromatic heterocycles. The number of hydrogen-bond acceptors (Lipinski definition) is 2. The Bertz CT molecular complexity index is 1190. The van der Waals surface area contributed by atoms with Crippen LogP contribution in [0.5, 0.6) is 0 Å². The van der Waals surface area contributed by atoms with Gasteiger partial charge in [0, 0.05) is 19.3 Å². The van der Waals surface area contributed by atoms with Crippen molar-refractivity contribution >= 4 is 23.5 Å². The van der Waals surface area contributed by atoms with Crippen molar-refractivity contribution in [1.29, 1.82) is 0 Å². The average molecular weight is 689 g/mol. The zero-order valence-corrected chi connectivity index (χ0v) is 35.8. The average Bonchev–Trinajstić information content (AvgIpc) is 3.04. The summed E-state index contributed by atoms with van der Waals surface area (Å²) in [6.07, 6.45) is 1.18. The molecule has 0 spiro atoms. The molecule has 4 rings (SSSR count). The van der Waals surface area contributed by atoms with Crippen LogP contribution in [0.3, 0.4) is 0 Å². The van der Waals surface area contributed by atoms with E-state index in [1.165, 1.54) is 27.3 Å². The van der Waals surface area contributed by atoms with Gasteiger partial charge in [0.1, 0.15) is 0 Å². The predicted octanol–water partition coefficient (Wildman–Crippen LogP) is 16.5. The highest BCUT2D eigenvalue weighted by Crippen LogP contribution is 2.67. The number of thioether (sulfide) groups is 2. The third-order valence-corrected chi connectivity index (χ3v) is 16.7. The lowest BCUT2D eigenvalue weighted by atomic mass is 9.48. The van der Waals surface area contributed by atoms with E-state index in [1.807, 2.05) is 53.3 Å². The van der Waals surface area contributed by atoms with Gasteiger partial charge in [-0.05, 0) is 89.9 Å². The SMILES string of the molecule is C.C.CC.CC.CC.CC1(C)Sc2ccccc2C(C)(C)C(C)(C)C1(C)C.CCC1(C)c2ccccc2SC(C)(C)C(C)(C)C1(C)C. The Labute approximate surface area is 307 Å². The fourth-order valence-corrected chi connectivity index (χ4v) is 10.4. The molecule has 276 valence electrons. The maximum Gasteiger partial charge on any atom is 0.0207 e. The Balaban J connectivity index is -0.000000686. The molecule has 0 amide bonds. The van der Waals surface area contributed by atoms with Gasteiger partial charge in [0.05, 0.1) is 0 Å². The van der Waals surface area contributed by atoms with Crippen LogP contribution in [0.15, 0.2) is 58.3 Å². The highest BCUT2D eigenvalue weighted by Gasteiger charge is 2.59. The summed E-state index contributed by atoms with van der Waals surface area (Å²) >= 11 is 4.11. The molecule has 2 heteroatoms. The second kappa shape index (κ2) is 17.9. The molecule has 0 nitrogen and oxygen atoms in total. The van der Waals surface area contributed by atoms with Gasteiger partial charge in [0.25, 0.3) is 0 Å². The van der Waals surface area contributed by atoms with E-state index in [0.717, 1.165) is 0 Å². The first-order valence-electron chi connectivity index (χ1n) is 18.0. The van der Waals surface area contributed by atoms with Crippen molar-refractivity contribution in [1.82, 2.24) is 0 Å². The maximum atomic E-state index is 2.47. The second-order valence-corrected chi connectivity index (χ2v) is 19.4. The van der Waals surface area contributed by atoms with Gasteiger partial charge in [-0.1, -0.05) is 176 Å². The van der Waals surface area contributed by atoms with Crippen LogP contribution in [-0.2, 0) is 10.8 Å². The van der Waals surface area contributed by atoms with Gasteiger partial charge < -0.3 is 0 Å². The van der Waals surface area contributed by atoms with Crippen LogP contribution in [-0.4, -0.2) is 9.49 Å². The lowest BCUT2D eigenvalue weighted by molar-refractivity contribution is -0.00255. The van der Waals surface area contributed by atoms with E-state index in [0.29, 0.717) is 0 Å². The molecule has 0 N–H and O–H groups in total. The Morgan fingerprint density at radius 1 is 0.426 bits per heavy atom. The molecule has 47 heavy (non-hydrogen) atoms. The molecule has 2 aromatic rings. The summed E-state index contributed by atoms with van der Waals surface area (Å²) in [6, 6.07) is 18.0. The lowest BCUT2D eigenvalue weighted by Crippen LogP contribution is -2.54. The molecule has 0 bridgehead atoms. The molecule has 0 aliphatic carbocycles. The molecule has 0 saturated carbocycles. The van der Waals surface area contributed by atoms with Gasteiger partial charge in [-0.3, -0.25) is 0 Å². The molecule has 0 fully saturated rings. The topological polar surface area (TPSA) is 0 Å². The smallest absolute Gasteiger partial charge is 0.0207 e. The first-order chi connectivity index (χ1) is 20.5. The minimum Gasteiger partial charge on any atom is -0.119 e. The fourth-order valence-electron chi connectivity index (χ4n) is 7.17. The van der Waals surface area contributed by atoms with Crippen molar-refractivity contribution in [2.24, 2.45) is 21.7 Å². The number of hydrogen-bond donors (Lipinski definition) is 0. The van der Waals surface area contributed by atoms with Gasteiger partial charge in [0.15, 0.2) is 0 Å². The highest BCUT2D eigenvalue weighted by atomic mass is 32.2. The Hall–Kier alpha value is -0.860. The largest absolute Gasteiger partial charge is 0.119 e. The van der Waals surface area contributed by atoms with Crippen molar-refractivity contribution in [3.63, 3.8) is 0 Å². The third-order valence-electron chi connectivity index (χ3n) is 13.6. The normalized spacial score (nSPS) is 24.0. The summed E-state index contributed by atoms with van der Waals surface area (Å²) in [6.45, 7) is 50.9. The minimum absolute atomic E-state index is 0. The van der Waals surface area contributed by atoms with Gasteiger partial charge in [0.2, 0.25) is 0 Å². The minimum atomic E-state index is 0. The van der Waals surface area contributed by atoms with Gasteiger partial charge >= 0.3 is 0 Å². The first kappa shape index (κ1) is 50.5. The van der Waals surface area contributed by atoms with Crippen molar-refractivity contribution < 1.29 is 0 Å². The van der Waals surface area contributed by atoms with E-state index in [2.05, 4.69) is 171 Å². The van der Waals surface area contributed by atoms with E-state index >= 15 is 0 Å². The van der Waals surface area contributed by atoms with Crippen LogP contribution >= 0.6 is 23.5 Å². The van der Waals surface area contributed by atoms with E-state index in [1.54, 1.807) is 0 Å². The molecular formula is C45H84S2. The number of rotatable bonds is 1. The summed E-state index contributed by atoms with van der Waals surface area (Å²) in [5, 5.41) is 0. The van der Waals surface area contributed by atoms with Crippen molar-refractivity contribution in [2.45, 2.75) is 204 Å². The standard InChI is InChI=1S/C19H30S.C18H28S.3C2H6.2CH4/c1-9-19(8)14-12-10-11-13-15(14)20-18(6,7)16(2,3)17(19,4)5;1-15(2)13-11-9-10-12-14(13)19-18(7,8)17(5,6)16(15,3)4;3*1-2;;/h10-13H,9H2,1-8H3;9-12H,1-8H3;3*1-2H3;2*1H4. The molecular weight excluding hydrogens is 605 g/mol. The second-order valence-electron chi connectivity index (χ2n) is 16.0. The zero-order valence-electron chi connectivity index (χ0n) is 34.1. The molecule has 2 aliphatic heterocycles. The van der Waals surface area contributed by atoms with E-state index in [-0.39, 0.29) is 56.8 Å². The molecule has 1 atom stereocenters. The Morgan fingerprint density at radius 3 is 1.09 bits per heavy atom. The van der Waals surface area contributed by atoms with Crippen molar-refractivity contribution in [3.8, 4) is 0 Å². The lowest BCUT2D eigenvalue weighted by Gasteiger charge is -2.57. The Morgan fingerprint density at radius 2 is 0.723 bits per heavy atom. The molecule has 2 heterocycles. The van der Waals surface area contributed by atoms with Crippen molar-refractivity contribution in [3.05, 3.63) is 59.7 Å². The summed E-state index contributed by atoms with van der Waals surface area (Å²) in [7, 11) is 0. The molecule has 0 saturated heterocycles. The monoisotopic (exact) mass is 689 g/mol. The van der Waals surface area contributed by atoms with E-state index in [4.69, 9.17) is 0 Å². The van der Waals surface area contributed by atoms with Crippen molar-refractivity contribution in [2.75, 3.05) is 0 Å². The van der Waals surface area contributed by atoms with Crippen LogP contribution in [0.4, 0.5) is 0 Å². The zero-order chi connectivity index (χ0) is 36.1. The fraction of sp³-hybridized carbons (Fsp3) is 0.733. The third kappa shape index (κ3) is 8.38. The predicted molar refractivity (Wildman–Crippen MR) is 226 cm³/mol. The maximum absolute atomic E-state index is 2.47. The van der Waals surface area contributed by atoms with Crippen LogP contribution in [0.25, 0.3) is 0 Å². The van der Waals surface area contributed by atoms with Crippen LogP contribution in [0.1, 0.15) is 185 Å². The number of fused-ring (bicyclic) bond motifs is 2. The van der Waals surface area contributed by atoms with Gasteiger partial charge in [-0.2, -0.15) is 0 Å². The highest BCUT2D eigenvalue weighted by molar-refractivity contribution is 8.01. The van der Waals surface area contributed by atoms with Crippen LogP contribution < -0.4 is 0 Å². The van der Waals surface area contributed by atoms with Gasteiger partial charge in [-0.15, -0.1) is 23.5 Å².